The van der Waals surface area contributed by atoms with Crippen LogP contribution in [-0.4, -0.2) is 12.3 Å². The summed E-state index contributed by atoms with van der Waals surface area (Å²) in [6, 6.07) is 7.93. The molecule has 88 valence electrons. The van der Waals surface area contributed by atoms with Crippen LogP contribution < -0.4 is 5.73 Å². The highest BCUT2D eigenvalue weighted by molar-refractivity contribution is 5.98. The van der Waals surface area contributed by atoms with Gasteiger partial charge in [0.25, 0.3) is 0 Å². The second-order valence-corrected chi connectivity index (χ2v) is 4.15. The Hall–Kier alpha value is -1.15. The fourth-order valence-electron chi connectivity index (χ4n) is 1.82. The molecule has 0 saturated carbocycles. The van der Waals surface area contributed by atoms with E-state index in [2.05, 4.69) is 6.92 Å². The third-order valence-electron chi connectivity index (χ3n) is 2.93. The van der Waals surface area contributed by atoms with Gasteiger partial charge in [0, 0.05) is 18.0 Å². The molecule has 16 heavy (non-hydrogen) atoms. The van der Waals surface area contributed by atoms with Crippen LogP contribution >= 0.6 is 0 Å². The van der Waals surface area contributed by atoms with E-state index in [0.29, 0.717) is 6.54 Å². The van der Waals surface area contributed by atoms with Crippen LogP contribution in [0.25, 0.3) is 0 Å². The molecule has 0 aliphatic heterocycles. The van der Waals surface area contributed by atoms with Crippen molar-refractivity contribution < 1.29 is 4.79 Å². The number of hydrogen-bond acceptors (Lipinski definition) is 2. The number of benzene rings is 1. The van der Waals surface area contributed by atoms with Gasteiger partial charge in [-0.05, 0) is 18.4 Å². The lowest BCUT2D eigenvalue weighted by atomic mass is 9.94. The van der Waals surface area contributed by atoms with Gasteiger partial charge in [-0.2, -0.15) is 0 Å². The summed E-state index contributed by atoms with van der Waals surface area (Å²) in [5.41, 5.74) is 7.66. The van der Waals surface area contributed by atoms with Crippen LogP contribution in [0.3, 0.4) is 0 Å². The second kappa shape index (κ2) is 6.44. The van der Waals surface area contributed by atoms with Crippen LogP contribution in [0.15, 0.2) is 24.3 Å². The van der Waals surface area contributed by atoms with Crippen molar-refractivity contribution in [3.8, 4) is 0 Å². The highest BCUT2D eigenvalue weighted by Crippen LogP contribution is 2.13. The molecule has 2 N–H and O–H groups in total. The average Bonchev–Trinajstić information content (AvgIpc) is 2.32. The highest BCUT2D eigenvalue weighted by Gasteiger charge is 2.16. The van der Waals surface area contributed by atoms with E-state index in [4.69, 9.17) is 5.73 Å². The predicted octanol–water partition coefficient (Wildman–Crippen LogP) is 2.81. The number of Topliss-reactive ketones (excluding diaryl/α,β-unsaturated/α-hetero) is 1. The van der Waals surface area contributed by atoms with Crippen molar-refractivity contribution in [2.45, 2.75) is 33.1 Å². The van der Waals surface area contributed by atoms with Crippen LogP contribution in [0.2, 0.25) is 0 Å². The normalized spacial score (nSPS) is 12.4. The fourth-order valence-corrected chi connectivity index (χ4v) is 1.82. The van der Waals surface area contributed by atoms with E-state index in [9.17, 15) is 4.79 Å². The zero-order chi connectivity index (χ0) is 12.0. The van der Waals surface area contributed by atoms with Crippen LogP contribution in [0.5, 0.6) is 0 Å². The minimum Gasteiger partial charge on any atom is -0.330 e. The summed E-state index contributed by atoms with van der Waals surface area (Å²) in [5, 5.41) is 0. The SMILES string of the molecule is CCCc1ccc(C(=O)C(CC)CN)cc1. The number of hydrogen-bond donors (Lipinski definition) is 1. The zero-order valence-corrected chi connectivity index (χ0v) is 10.2. The fraction of sp³-hybridized carbons (Fsp3) is 0.500. The van der Waals surface area contributed by atoms with Crippen molar-refractivity contribution in [2.75, 3.05) is 6.54 Å². The maximum absolute atomic E-state index is 12.0. The molecule has 0 heterocycles. The van der Waals surface area contributed by atoms with Crippen LogP contribution in [0, 0.1) is 5.92 Å². The third kappa shape index (κ3) is 3.17. The summed E-state index contributed by atoms with van der Waals surface area (Å²) in [6.45, 7) is 4.59. The first-order valence-electron chi connectivity index (χ1n) is 6.06. The molecule has 0 fully saturated rings. The maximum atomic E-state index is 12.0. The summed E-state index contributed by atoms with van der Waals surface area (Å²) in [4.78, 5) is 12.0. The minimum atomic E-state index is -0.0305. The molecule has 1 unspecified atom stereocenters. The van der Waals surface area contributed by atoms with Crippen molar-refractivity contribution in [3.63, 3.8) is 0 Å². The first-order valence-corrected chi connectivity index (χ1v) is 6.06. The largest absolute Gasteiger partial charge is 0.330 e. The van der Waals surface area contributed by atoms with Gasteiger partial charge in [0.1, 0.15) is 0 Å². The Kier molecular flexibility index (Phi) is 5.20. The monoisotopic (exact) mass is 219 g/mol. The first-order chi connectivity index (χ1) is 7.72. The lowest BCUT2D eigenvalue weighted by Crippen LogP contribution is -2.23. The zero-order valence-electron chi connectivity index (χ0n) is 10.2. The maximum Gasteiger partial charge on any atom is 0.167 e. The molecule has 1 rings (SSSR count). The molecule has 0 bridgehead atoms. The van der Waals surface area contributed by atoms with Gasteiger partial charge in [0.05, 0.1) is 0 Å². The summed E-state index contributed by atoms with van der Waals surface area (Å²) in [7, 11) is 0. The summed E-state index contributed by atoms with van der Waals surface area (Å²) < 4.78 is 0. The van der Waals surface area contributed by atoms with E-state index >= 15 is 0 Å². The third-order valence-corrected chi connectivity index (χ3v) is 2.93. The van der Waals surface area contributed by atoms with Gasteiger partial charge in [-0.3, -0.25) is 4.79 Å². The molecule has 1 aromatic carbocycles. The molecule has 0 aliphatic rings. The van der Waals surface area contributed by atoms with Crippen LogP contribution in [0.1, 0.15) is 42.6 Å². The molecule has 2 nitrogen and oxygen atoms in total. The number of carbonyl (C=O) groups excluding carboxylic acids is 1. The summed E-state index contributed by atoms with van der Waals surface area (Å²) in [5.74, 6) is 0.144. The highest BCUT2D eigenvalue weighted by atomic mass is 16.1. The number of aryl methyl sites for hydroxylation is 1. The van der Waals surface area contributed by atoms with E-state index in [1.54, 1.807) is 0 Å². The summed E-state index contributed by atoms with van der Waals surface area (Å²) in [6.07, 6.45) is 3.02. The predicted molar refractivity (Wildman–Crippen MR) is 67.6 cm³/mol. The molecule has 0 spiro atoms. The van der Waals surface area contributed by atoms with Gasteiger partial charge < -0.3 is 5.73 Å². The van der Waals surface area contributed by atoms with E-state index in [-0.39, 0.29) is 11.7 Å². The first kappa shape index (κ1) is 12.9. The molecule has 1 atom stereocenters. The average molecular weight is 219 g/mol. The Morgan fingerprint density at radius 2 is 1.88 bits per heavy atom. The smallest absolute Gasteiger partial charge is 0.167 e. The molecule has 0 aromatic heterocycles. The number of nitrogens with two attached hydrogens (primary N) is 1. The van der Waals surface area contributed by atoms with E-state index < -0.39 is 0 Å². The number of ketones is 1. The Labute approximate surface area is 97.9 Å². The van der Waals surface area contributed by atoms with Crippen molar-refractivity contribution in [1.82, 2.24) is 0 Å². The van der Waals surface area contributed by atoms with Crippen LogP contribution in [-0.2, 0) is 6.42 Å². The molecule has 1 aromatic rings. The van der Waals surface area contributed by atoms with Crippen molar-refractivity contribution in [3.05, 3.63) is 35.4 Å². The Morgan fingerprint density at radius 3 is 2.31 bits per heavy atom. The van der Waals surface area contributed by atoms with Crippen molar-refractivity contribution in [1.29, 1.82) is 0 Å². The van der Waals surface area contributed by atoms with Crippen molar-refractivity contribution >= 4 is 5.78 Å². The van der Waals surface area contributed by atoms with Gasteiger partial charge in [-0.25, -0.2) is 0 Å². The lowest BCUT2D eigenvalue weighted by molar-refractivity contribution is 0.0921. The Bertz CT molecular complexity index is 325. The summed E-state index contributed by atoms with van der Waals surface area (Å²) >= 11 is 0. The minimum absolute atomic E-state index is 0.0305. The molecule has 2 heteroatoms. The quantitative estimate of drug-likeness (QED) is 0.748. The lowest BCUT2D eigenvalue weighted by Gasteiger charge is -2.11. The van der Waals surface area contributed by atoms with Gasteiger partial charge in [0.15, 0.2) is 5.78 Å². The molecular formula is C14H21NO. The van der Waals surface area contributed by atoms with E-state index in [1.807, 2.05) is 31.2 Å². The Balaban J connectivity index is 2.76. The molecule has 0 radical (unpaired) electrons. The van der Waals surface area contributed by atoms with Crippen molar-refractivity contribution in [2.24, 2.45) is 11.7 Å². The molecular weight excluding hydrogens is 198 g/mol. The van der Waals surface area contributed by atoms with E-state index in [1.165, 1.54) is 5.56 Å². The molecule has 0 amide bonds. The van der Waals surface area contributed by atoms with Gasteiger partial charge in [-0.15, -0.1) is 0 Å². The van der Waals surface area contributed by atoms with Gasteiger partial charge in [0.2, 0.25) is 0 Å². The number of rotatable bonds is 6. The topological polar surface area (TPSA) is 43.1 Å². The number of carbonyl (C=O) groups is 1. The van der Waals surface area contributed by atoms with Gasteiger partial charge >= 0.3 is 0 Å². The second-order valence-electron chi connectivity index (χ2n) is 4.15. The Morgan fingerprint density at radius 1 is 1.25 bits per heavy atom. The van der Waals surface area contributed by atoms with E-state index in [0.717, 1.165) is 24.8 Å². The standard InChI is InChI=1S/C14H21NO/c1-3-5-11-6-8-13(9-7-11)14(16)12(4-2)10-15/h6-9,12H,3-5,10,15H2,1-2H3. The molecule has 0 saturated heterocycles. The van der Waals surface area contributed by atoms with Gasteiger partial charge in [-0.1, -0.05) is 44.5 Å². The molecule has 0 aliphatic carbocycles. The van der Waals surface area contributed by atoms with Crippen LogP contribution in [0.4, 0.5) is 0 Å².